The number of nitrogens with zero attached hydrogens (tertiary/aromatic N) is 3. The highest BCUT2D eigenvalue weighted by molar-refractivity contribution is 7.02. The summed E-state index contributed by atoms with van der Waals surface area (Å²) in [5.41, 5.74) is 0.521. The van der Waals surface area contributed by atoms with E-state index >= 15 is 0 Å². The predicted octanol–water partition coefficient (Wildman–Crippen LogP) is 1.85. The lowest BCUT2D eigenvalue weighted by atomic mass is 9.96. The molecule has 0 spiro atoms. The van der Waals surface area contributed by atoms with Crippen molar-refractivity contribution in [2.24, 2.45) is 0 Å². The van der Waals surface area contributed by atoms with Gasteiger partial charge in [0.05, 0.1) is 17.1 Å². The normalized spacial score (nSPS) is 11.7. The summed E-state index contributed by atoms with van der Waals surface area (Å²) < 4.78 is 8.73. The third-order valence-corrected chi connectivity index (χ3v) is 2.44. The van der Waals surface area contributed by atoms with E-state index in [1.807, 2.05) is 20.8 Å². The second kappa shape index (κ2) is 3.79. The SMILES string of the molecule is CC(C)(C)c1ncc(-c2nsc(=O)o2)cn1. The maximum atomic E-state index is 10.8. The van der Waals surface area contributed by atoms with Gasteiger partial charge in [0, 0.05) is 17.8 Å². The molecule has 0 aliphatic carbocycles. The van der Waals surface area contributed by atoms with Crippen molar-refractivity contribution >= 4 is 11.5 Å². The van der Waals surface area contributed by atoms with Crippen molar-refractivity contribution in [3.05, 3.63) is 28.0 Å². The van der Waals surface area contributed by atoms with Crippen molar-refractivity contribution in [3.8, 4) is 11.5 Å². The molecule has 0 saturated carbocycles. The van der Waals surface area contributed by atoms with Crippen LogP contribution >= 0.6 is 11.5 Å². The topological polar surface area (TPSA) is 68.9 Å². The Kier molecular flexibility index (Phi) is 2.59. The van der Waals surface area contributed by atoms with Crippen molar-refractivity contribution in [3.63, 3.8) is 0 Å². The zero-order valence-corrected chi connectivity index (χ0v) is 10.0. The van der Waals surface area contributed by atoms with Gasteiger partial charge in [-0.2, -0.15) is 0 Å². The molecule has 0 atom stereocenters. The summed E-state index contributed by atoms with van der Waals surface area (Å²) in [5.74, 6) is 1.02. The third-order valence-electron chi connectivity index (χ3n) is 1.95. The van der Waals surface area contributed by atoms with Gasteiger partial charge in [0.2, 0.25) is 5.89 Å². The van der Waals surface area contributed by atoms with Crippen molar-refractivity contribution in [1.82, 2.24) is 14.3 Å². The molecular weight excluding hydrogens is 226 g/mol. The summed E-state index contributed by atoms with van der Waals surface area (Å²) in [7, 11) is 0. The molecule has 2 aromatic heterocycles. The maximum Gasteiger partial charge on any atom is 0.414 e. The Bertz CT molecular complexity index is 536. The highest BCUT2D eigenvalue weighted by Crippen LogP contribution is 2.20. The van der Waals surface area contributed by atoms with Gasteiger partial charge < -0.3 is 4.42 Å². The largest absolute Gasteiger partial charge is 0.414 e. The van der Waals surface area contributed by atoms with Gasteiger partial charge in [0.1, 0.15) is 5.82 Å². The maximum absolute atomic E-state index is 10.8. The van der Waals surface area contributed by atoms with Crippen LogP contribution in [-0.4, -0.2) is 14.3 Å². The molecule has 0 unspecified atom stereocenters. The monoisotopic (exact) mass is 237 g/mol. The Morgan fingerprint density at radius 1 is 1.25 bits per heavy atom. The summed E-state index contributed by atoms with van der Waals surface area (Å²) in [6.45, 7) is 6.10. The second-order valence-electron chi connectivity index (χ2n) is 4.39. The number of aromatic nitrogens is 3. The Morgan fingerprint density at radius 2 is 1.88 bits per heavy atom. The second-order valence-corrected chi connectivity index (χ2v) is 5.08. The van der Waals surface area contributed by atoms with E-state index in [0.29, 0.717) is 5.56 Å². The van der Waals surface area contributed by atoms with E-state index in [-0.39, 0.29) is 11.3 Å². The molecule has 2 rings (SSSR count). The fourth-order valence-electron chi connectivity index (χ4n) is 1.13. The van der Waals surface area contributed by atoms with Crippen LogP contribution in [0.25, 0.3) is 11.5 Å². The molecule has 84 valence electrons. The highest BCUT2D eigenvalue weighted by Gasteiger charge is 2.17. The Hall–Kier alpha value is -1.56. The molecule has 0 aliphatic rings. The average Bonchev–Trinajstić information content (AvgIpc) is 2.64. The molecule has 0 aliphatic heterocycles. The third kappa shape index (κ3) is 2.16. The summed E-state index contributed by atoms with van der Waals surface area (Å²) in [4.78, 5) is 18.9. The van der Waals surface area contributed by atoms with Crippen LogP contribution in [0.4, 0.5) is 0 Å². The van der Waals surface area contributed by atoms with Gasteiger partial charge in [0.15, 0.2) is 0 Å². The van der Waals surface area contributed by atoms with Crippen LogP contribution < -0.4 is 4.94 Å². The first kappa shape index (κ1) is 10.9. The van der Waals surface area contributed by atoms with Gasteiger partial charge in [-0.25, -0.2) is 14.8 Å². The first-order valence-electron chi connectivity index (χ1n) is 4.76. The van der Waals surface area contributed by atoms with Gasteiger partial charge in [-0.1, -0.05) is 20.8 Å². The molecule has 5 nitrogen and oxygen atoms in total. The zero-order valence-electron chi connectivity index (χ0n) is 9.22. The van der Waals surface area contributed by atoms with Crippen molar-refractivity contribution in [2.45, 2.75) is 26.2 Å². The Balaban J connectivity index is 2.36. The van der Waals surface area contributed by atoms with E-state index in [9.17, 15) is 4.79 Å². The fourth-order valence-corrected chi connectivity index (χ4v) is 1.55. The molecular formula is C10H11N3O2S. The lowest BCUT2D eigenvalue weighted by molar-refractivity contribution is 0.535. The molecule has 6 heteroatoms. The van der Waals surface area contributed by atoms with Crippen LogP contribution in [0.15, 0.2) is 21.6 Å². The van der Waals surface area contributed by atoms with Gasteiger partial charge in [-0.15, -0.1) is 4.37 Å². The Labute approximate surface area is 96.4 Å². The average molecular weight is 237 g/mol. The van der Waals surface area contributed by atoms with Gasteiger partial charge in [-0.3, -0.25) is 0 Å². The lowest BCUT2D eigenvalue weighted by Gasteiger charge is -2.15. The molecule has 2 aromatic rings. The van der Waals surface area contributed by atoms with Crippen LogP contribution in [0.2, 0.25) is 0 Å². The number of hydrogen-bond donors (Lipinski definition) is 0. The smallest absolute Gasteiger partial charge is 0.394 e. The van der Waals surface area contributed by atoms with E-state index in [1.165, 1.54) is 0 Å². The van der Waals surface area contributed by atoms with Gasteiger partial charge in [-0.05, 0) is 0 Å². The number of rotatable bonds is 1. The fraction of sp³-hybridized carbons (Fsp3) is 0.400. The van der Waals surface area contributed by atoms with E-state index in [4.69, 9.17) is 4.42 Å². The quantitative estimate of drug-likeness (QED) is 0.757. The predicted molar refractivity (Wildman–Crippen MR) is 60.4 cm³/mol. The molecule has 0 radical (unpaired) electrons. The van der Waals surface area contributed by atoms with Crippen LogP contribution in [0.3, 0.4) is 0 Å². The molecule has 0 aromatic carbocycles. The standard InChI is InChI=1S/C10H11N3O2S/c1-10(2,3)8-11-4-6(5-12-8)7-13-16-9(14)15-7/h4-5H,1-3H3. The zero-order chi connectivity index (χ0) is 11.8. The molecule has 0 saturated heterocycles. The van der Waals surface area contributed by atoms with Crippen molar-refractivity contribution in [2.75, 3.05) is 0 Å². The number of hydrogen-bond acceptors (Lipinski definition) is 6. The molecule has 0 amide bonds. The highest BCUT2D eigenvalue weighted by atomic mass is 32.1. The first-order chi connectivity index (χ1) is 7.47. The van der Waals surface area contributed by atoms with Crippen LogP contribution in [0.5, 0.6) is 0 Å². The molecule has 0 N–H and O–H groups in total. The minimum atomic E-state index is -0.421. The summed E-state index contributed by atoms with van der Waals surface area (Å²) in [5, 5.41) is 0. The van der Waals surface area contributed by atoms with E-state index in [2.05, 4.69) is 14.3 Å². The van der Waals surface area contributed by atoms with Crippen molar-refractivity contribution in [1.29, 1.82) is 0 Å². The van der Waals surface area contributed by atoms with Crippen LogP contribution in [0, 0.1) is 0 Å². The van der Waals surface area contributed by atoms with Crippen LogP contribution in [0.1, 0.15) is 26.6 Å². The van der Waals surface area contributed by atoms with E-state index in [0.717, 1.165) is 17.4 Å². The summed E-state index contributed by atoms with van der Waals surface area (Å²) in [6, 6.07) is 0. The summed E-state index contributed by atoms with van der Waals surface area (Å²) in [6.07, 6.45) is 3.23. The van der Waals surface area contributed by atoms with Gasteiger partial charge >= 0.3 is 4.94 Å². The minimum Gasteiger partial charge on any atom is -0.394 e. The van der Waals surface area contributed by atoms with Gasteiger partial charge in [0.25, 0.3) is 0 Å². The molecule has 16 heavy (non-hydrogen) atoms. The van der Waals surface area contributed by atoms with E-state index in [1.54, 1.807) is 12.4 Å². The molecule has 2 heterocycles. The lowest BCUT2D eigenvalue weighted by Crippen LogP contribution is -2.15. The minimum absolute atomic E-state index is 0.0958. The summed E-state index contributed by atoms with van der Waals surface area (Å²) >= 11 is 0.781. The van der Waals surface area contributed by atoms with E-state index < -0.39 is 4.94 Å². The molecule has 0 fully saturated rings. The Morgan fingerprint density at radius 3 is 2.31 bits per heavy atom. The first-order valence-corrected chi connectivity index (χ1v) is 5.54. The molecule has 0 bridgehead atoms. The van der Waals surface area contributed by atoms with Crippen molar-refractivity contribution < 1.29 is 4.42 Å². The van der Waals surface area contributed by atoms with Crippen LogP contribution in [-0.2, 0) is 5.41 Å².